The number of aryl methyl sites for hydroxylation is 1. The van der Waals surface area contributed by atoms with Crippen LogP contribution >= 0.6 is 0 Å². The molecule has 8 heteroatoms. The summed E-state index contributed by atoms with van der Waals surface area (Å²) in [6.07, 6.45) is 4.48. The van der Waals surface area contributed by atoms with Gasteiger partial charge in [-0.2, -0.15) is 5.10 Å². The van der Waals surface area contributed by atoms with E-state index in [0.717, 1.165) is 24.1 Å². The molecular weight excluding hydrogens is 322 g/mol. The molecule has 2 atom stereocenters. The van der Waals surface area contributed by atoms with Gasteiger partial charge in [0.2, 0.25) is 5.91 Å². The summed E-state index contributed by atoms with van der Waals surface area (Å²) in [5.74, 6) is -0.0866. The van der Waals surface area contributed by atoms with E-state index in [1.54, 1.807) is 21.8 Å². The zero-order valence-corrected chi connectivity index (χ0v) is 13.9. The van der Waals surface area contributed by atoms with Crippen molar-refractivity contribution in [3.8, 4) is 0 Å². The van der Waals surface area contributed by atoms with Crippen LogP contribution in [-0.4, -0.2) is 40.2 Å². The van der Waals surface area contributed by atoms with Crippen molar-refractivity contribution in [2.24, 2.45) is 13.0 Å². The number of nitrogens with zero attached hydrogens (tertiary/aromatic N) is 4. The minimum Gasteiger partial charge on any atom is -0.315 e. The highest BCUT2D eigenvalue weighted by Gasteiger charge is 2.39. The van der Waals surface area contributed by atoms with Crippen LogP contribution in [0.2, 0.25) is 0 Å². The molecule has 1 fully saturated rings. The van der Waals surface area contributed by atoms with Crippen LogP contribution < -0.4 is 10.2 Å². The lowest BCUT2D eigenvalue weighted by atomic mass is 9.90. The van der Waals surface area contributed by atoms with Gasteiger partial charge in [0.25, 0.3) is 5.69 Å². The topological polar surface area (TPSA) is 93.3 Å². The monoisotopic (exact) mass is 341 g/mol. The van der Waals surface area contributed by atoms with Crippen LogP contribution in [0.1, 0.15) is 17.0 Å². The standard InChI is InChI=1S/C17H19N5O3/c1-20-10-12(7-19-20)14-8-18-9-15(14)17(23)21-5-4-11-2-3-13(22(24)25)6-16(11)21/h2-3,6-7,10,14-15,18H,4-5,8-9H2,1H3/t14-,15+/m1/s1. The van der Waals surface area contributed by atoms with Gasteiger partial charge < -0.3 is 10.2 Å². The van der Waals surface area contributed by atoms with Crippen molar-refractivity contribution in [3.63, 3.8) is 0 Å². The largest absolute Gasteiger partial charge is 0.315 e. The van der Waals surface area contributed by atoms with Gasteiger partial charge in [-0.25, -0.2) is 0 Å². The lowest BCUT2D eigenvalue weighted by Gasteiger charge is -2.24. The molecule has 8 nitrogen and oxygen atoms in total. The molecule has 1 aromatic carbocycles. The summed E-state index contributed by atoms with van der Waals surface area (Å²) in [7, 11) is 1.86. The number of amides is 1. The summed E-state index contributed by atoms with van der Waals surface area (Å²) in [5.41, 5.74) is 2.73. The molecular formula is C17H19N5O3. The number of benzene rings is 1. The number of hydrogen-bond acceptors (Lipinski definition) is 5. The Balaban J connectivity index is 1.62. The molecule has 2 aromatic rings. The molecule has 0 aliphatic carbocycles. The van der Waals surface area contributed by atoms with Crippen molar-refractivity contribution in [1.82, 2.24) is 15.1 Å². The normalized spacial score (nSPS) is 22.2. The van der Waals surface area contributed by atoms with E-state index in [2.05, 4.69) is 10.4 Å². The second-order valence-electron chi connectivity index (χ2n) is 6.63. The minimum absolute atomic E-state index is 0.0202. The Bertz CT molecular complexity index is 847. The molecule has 1 aromatic heterocycles. The number of hydrogen-bond donors (Lipinski definition) is 1. The average molecular weight is 341 g/mol. The molecule has 0 radical (unpaired) electrons. The van der Waals surface area contributed by atoms with Gasteiger partial charge in [-0.15, -0.1) is 0 Å². The molecule has 1 amide bonds. The van der Waals surface area contributed by atoms with E-state index in [-0.39, 0.29) is 23.4 Å². The summed E-state index contributed by atoms with van der Waals surface area (Å²) in [5, 5.41) is 18.6. The van der Waals surface area contributed by atoms with Crippen LogP contribution in [0.4, 0.5) is 11.4 Å². The van der Waals surface area contributed by atoms with Gasteiger partial charge in [0, 0.05) is 50.9 Å². The van der Waals surface area contributed by atoms with Crippen molar-refractivity contribution in [3.05, 3.63) is 51.8 Å². The highest BCUT2D eigenvalue weighted by atomic mass is 16.6. The van der Waals surface area contributed by atoms with Gasteiger partial charge in [0.1, 0.15) is 0 Å². The van der Waals surface area contributed by atoms with Gasteiger partial charge >= 0.3 is 0 Å². The summed E-state index contributed by atoms with van der Waals surface area (Å²) in [4.78, 5) is 25.5. The maximum atomic E-state index is 13.2. The van der Waals surface area contributed by atoms with Crippen LogP contribution in [0.15, 0.2) is 30.6 Å². The molecule has 0 unspecified atom stereocenters. The number of aromatic nitrogens is 2. The SMILES string of the molecule is Cn1cc([C@H]2CNC[C@@H]2C(=O)N2CCc3ccc([N+](=O)[O-])cc32)cn1. The third kappa shape index (κ3) is 2.68. The molecule has 2 aliphatic rings. The number of anilines is 1. The van der Waals surface area contributed by atoms with Crippen molar-refractivity contribution >= 4 is 17.3 Å². The fraction of sp³-hybridized carbons (Fsp3) is 0.412. The first-order chi connectivity index (χ1) is 12.0. The lowest BCUT2D eigenvalue weighted by Crippen LogP contribution is -2.37. The number of carbonyl (C=O) groups excluding carboxylic acids is 1. The molecule has 0 spiro atoms. The van der Waals surface area contributed by atoms with Crippen LogP contribution in [-0.2, 0) is 18.3 Å². The molecule has 4 rings (SSSR count). The first kappa shape index (κ1) is 15.8. The molecule has 1 N–H and O–H groups in total. The second-order valence-corrected chi connectivity index (χ2v) is 6.63. The molecule has 0 saturated carbocycles. The number of fused-ring (bicyclic) bond motifs is 1. The third-order valence-electron chi connectivity index (χ3n) is 5.13. The molecule has 25 heavy (non-hydrogen) atoms. The Morgan fingerprint density at radius 1 is 1.40 bits per heavy atom. The highest BCUT2D eigenvalue weighted by Crippen LogP contribution is 2.36. The van der Waals surface area contributed by atoms with Crippen molar-refractivity contribution in [2.75, 3.05) is 24.5 Å². The molecule has 1 saturated heterocycles. The summed E-state index contributed by atoms with van der Waals surface area (Å²) in [6.45, 7) is 1.92. The number of rotatable bonds is 3. The van der Waals surface area contributed by atoms with Gasteiger partial charge in [0.05, 0.1) is 22.7 Å². The Labute approximate surface area is 144 Å². The maximum absolute atomic E-state index is 13.2. The van der Waals surface area contributed by atoms with Crippen molar-refractivity contribution in [2.45, 2.75) is 12.3 Å². The zero-order valence-electron chi connectivity index (χ0n) is 13.9. The second kappa shape index (κ2) is 5.96. The number of nitro groups is 1. The molecule has 3 heterocycles. The average Bonchev–Trinajstić information content (AvgIpc) is 3.32. The number of nitrogens with one attached hydrogen (secondary N) is 1. The van der Waals surface area contributed by atoms with Crippen LogP contribution in [0.5, 0.6) is 0 Å². The minimum atomic E-state index is -0.420. The molecule has 0 bridgehead atoms. The smallest absolute Gasteiger partial charge is 0.271 e. The number of non-ortho nitro benzene ring substituents is 1. The Morgan fingerprint density at radius 3 is 2.96 bits per heavy atom. The highest BCUT2D eigenvalue weighted by molar-refractivity contribution is 5.98. The Hall–Kier alpha value is -2.74. The Morgan fingerprint density at radius 2 is 2.24 bits per heavy atom. The summed E-state index contributed by atoms with van der Waals surface area (Å²) < 4.78 is 1.74. The van der Waals surface area contributed by atoms with Crippen LogP contribution in [0.3, 0.4) is 0 Å². The van der Waals surface area contributed by atoms with Crippen molar-refractivity contribution < 1.29 is 9.72 Å². The molecule has 130 valence electrons. The zero-order chi connectivity index (χ0) is 17.6. The Kier molecular flexibility index (Phi) is 3.76. The van der Waals surface area contributed by atoms with E-state index in [4.69, 9.17) is 0 Å². The quantitative estimate of drug-likeness (QED) is 0.669. The predicted octanol–water partition coefficient (Wildman–Crippen LogP) is 1.22. The lowest BCUT2D eigenvalue weighted by molar-refractivity contribution is -0.384. The van der Waals surface area contributed by atoms with Crippen molar-refractivity contribution in [1.29, 1.82) is 0 Å². The summed E-state index contributed by atoms with van der Waals surface area (Å²) >= 11 is 0. The van der Waals surface area contributed by atoms with E-state index in [0.29, 0.717) is 18.8 Å². The summed E-state index contributed by atoms with van der Waals surface area (Å²) in [6, 6.07) is 4.77. The first-order valence-corrected chi connectivity index (χ1v) is 8.32. The maximum Gasteiger partial charge on any atom is 0.271 e. The fourth-order valence-corrected chi connectivity index (χ4v) is 3.83. The van der Waals surface area contributed by atoms with Gasteiger partial charge in [-0.1, -0.05) is 6.07 Å². The van der Waals surface area contributed by atoms with E-state index in [1.165, 1.54) is 12.1 Å². The van der Waals surface area contributed by atoms with Crippen LogP contribution in [0, 0.1) is 16.0 Å². The van der Waals surface area contributed by atoms with Gasteiger partial charge in [-0.3, -0.25) is 19.6 Å². The van der Waals surface area contributed by atoms with E-state index >= 15 is 0 Å². The van der Waals surface area contributed by atoms with E-state index < -0.39 is 4.92 Å². The number of nitro benzene ring substituents is 1. The van der Waals surface area contributed by atoms with Crippen LogP contribution in [0.25, 0.3) is 0 Å². The molecule has 2 aliphatic heterocycles. The fourth-order valence-electron chi connectivity index (χ4n) is 3.83. The van der Waals surface area contributed by atoms with E-state index in [1.807, 2.05) is 13.2 Å². The van der Waals surface area contributed by atoms with E-state index in [9.17, 15) is 14.9 Å². The van der Waals surface area contributed by atoms with Gasteiger partial charge in [-0.05, 0) is 17.5 Å². The predicted molar refractivity (Wildman–Crippen MR) is 91.5 cm³/mol. The third-order valence-corrected chi connectivity index (χ3v) is 5.13. The first-order valence-electron chi connectivity index (χ1n) is 8.32. The van der Waals surface area contributed by atoms with Gasteiger partial charge in [0.15, 0.2) is 0 Å². The number of carbonyl (C=O) groups is 1.